The molecule has 0 aliphatic rings. The van der Waals surface area contributed by atoms with E-state index in [0.29, 0.717) is 13.1 Å². The van der Waals surface area contributed by atoms with Crippen LogP contribution in [0.2, 0.25) is 0 Å². The number of aliphatic carboxylic acids is 1. The van der Waals surface area contributed by atoms with Crippen LogP contribution in [-0.2, 0) is 11.3 Å². The van der Waals surface area contributed by atoms with Crippen molar-refractivity contribution < 1.29 is 14.7 Å². The van der Waals surface area contributed by atoms with E-state index in [-0.39, 0.29) is 12.5 Å². The molecule has 1 heterocycles. The van der Waals surface area contributed by atoms with Gasteiger partial charge in [-0.25, -0.2) is 4.79 Å². The van der Waals surface area contributed by atoms with Gasteiger partial charge < -0.3 is 15.3 Å². The maximum Gasteiger partial charge on any atom is 0.318 e. The Kier molecular flexibility index (Phi) is 5.49. The van der Waals surface area contributed by atoms with E-state index in [1.165, 1.54) is 0 Å². The number of amides is 2. The summed E-state index contributed by atoms with van der Waals surface area (Å²) >= 11 is 0. The molecule has 2 amide bonds. The molecular formula is C14H21N3O3. The molecule has 20 heavy (non-hydrogen) atoms. The number of carbonyl (C=O) groups is 2. The number of aromatic nitrogens is 1. The number of carboxylic acid groups (broad SMARTS) is 1. The summed E-state index contributed by atoms with van der Waals surface area (Å²) in [4.78, 5) is 28.5. The number of nitrogens with one attached hydrogen (secondary N) is 1. The van der Waals surface area contributed by atoms with Gasteiger partial charge in [0.25, 0.3) is 0 Å². The van der Waals surface area contributed by atoms with E-state index in [1.54, 1.807) is 31.1 Å². The van der Waals surface area contributed by atoms with Gasteiger partial charge in [0.15, 0.2) is 0 Å². The Hall–Kier alpha value is -2.11. The van der Waals surface area contributed by atoms with Gasteiger partial charge in [0.05, 0.1) is 6.42 Å². The normalized spacial score (nSPS) is 10.9. The van der Waals surface area contributed by atoms with Crippen LogP contribution >= 0.6 is 0 Å². The van der Waals surface area contributed by atoms with Crippen LogP contribution in [-0.4, -0.2) is 39.1 Å². The molecule has 1 aromatic rings. The van der Waals surface area contributed by atoms with Crippen LogP contribution in [0.15, 0.2) is 24.5 Å². The highest BCUT2D eigenvalue weighted by Crippen LogP contribution is 2.10. The first-order valence-corrected chi connectivity index (χ1v) is 6.52. The minimum atomic E-state index is -0.938. The number of nitrogens with zero attached hydrogens (tertiary/aromatic N) is 2. The molecule has 0 bridgehead atoms. The molecule has 2 N–H and O–H groups in total. The number of hydrogen-bond acceptors (Lipinski definition) is 3. The minimum absolute atomic E-state index is 0.119. The van der Waals surface area contributed by atoms with Crippen LogP contribution in [0.25, 0.3) is 0 Å². The van der Waals surface area contributed by atoms with Crippen molar-refractivity contribution in [2.45, 2.75) is 39.3 Å². The number of hydrogen-bond donors (Lipinski definition) is 2. The highest BCUT2D eigenvalue weighted by atomic mass is 16.4. The van der Waals surface area contributed by atoms with Crippen molar-refractivity contribution in [3.05, 3.63) is 30.1 Å². The van der Waals surface area contributed by atoms with E-state index in [0.717, 1.165) is 5.56 Å². The summed E-state index contributed by atoms with van der Waals surface area (Å²) in [5.74, 6) is -0.938. The molecule has 1 aromatic heterocycles. The molecule has 0 aromatic carbocycles. The fourth-order valence-corrected chi connectivity index (χ4v) is 1.83. The Morgan fingerprint density at radius 1 is 1.35 bits per heavy atom. The quantitative estimate of drug-likeness (QED) is 0.832. The van der Waals surface area contributed by atoms with Crippen LogP contribution in [0.1, 0.15) is 32.8 Å². The molecule has 0 aliphatic carbocycles. The van der Waals surface area contributed by atoms with Crippen LogP contribution < -0.4 is 5.32 Å². The van der Waals surface area contributed by atoms with E-state index in [4.69, 9.17) is 5.11 Å². The second-order valence-electron chi connectivity index (χ2n) is 5.25. The Balaban J connectivity index is 2.65. The lowest BCUT2D eigenvalue weighted by Gasteiger charge is -2.29. The van der Waals surface area contributed by atoms with Gasteiger partial charge in [-0.15, -0.1) is 0 Å². The van der Waals surface area contributed by atoms with Gasteiger partial charge >= 0.3 is 12.0 Å². The molecule has 0 radical (unpaired) electrons. The number of urea groups is 1. The van der Waals surface area contributed by atoms with Crippen molar-refractivity contribution in [3.8, 4) is 0 Å². The molecule has 6 nitrogen and oxygen atoms in total. The zero-order valence-electron chi connectivity index (χ0n) is 12.1. The van der Waals surface area contributed by atoms with Crippen LogP contribution in [0.3, 0.4) is 0 Å². The average molecular weight is 279 g/mol. The summed E-state index contributed by atoms with van der Waals surface area (Å²) in [6, 6.07) is 3.42. The van der Waals surface area contributed by atoms with Gasteiger partial charge in [-0.3, -0.25) is 9.78 Å². The number of carboxylic acids is 1. The van der Waals surface area contributed by atoms with Crippen LogP contribution in [0, 0.1) is 0 Å². The lowest BCUT2D eigenvalue weighted by atomic mass is 10.0. The average Bonchev–Trinajstić information content (AvgIpc) is 2.34. The number of carbonyl (C=O) groups excluding carboxylic acids is 1. The van der Waals surface area contributed by atoms with Gasteiger partial charge in [0.2, 0.25) is 0 Å². The highest BCUT2D eigenvalue weighted by molar-refractivity contribution is 5.76. The van der Waals surface area contributed by atoms with Crippen molar-refractivity contribution in [2.75, 3.05) is 6.54 Å². The van der Waals surface area contributed by atoms with E-state index < -0.39 is 11.5 Å². The third-order valence-corrected chi connectivity index (χ3v) is 2.83. The van der Waals surface area contributed by atoms with Crippen molar-refractivity contribution in [3.63, 3.8) is 0 Å². The van der Waals surface area contributed by atoms with E-state index in [9.17, 15) is 9.59 Å². The fourth-order valence-electron chi connectivity index (χ4n) is 1.83. The molecule has 0 saturated carbocycles. The van der Waals surface area contributed by atoms with Crippen LogP contribution in [0.5, 0.6) is 0 Å². The van der Waals surface area contributed by atoms with Crippen molar-refractivity contribution >= 4 is 12.0 Å². The van der Waals surface area contributed by atoms with Gasteiger partial charge in [0.1, 0.15) is 0 Å². The number of rotatable bonds is 6. The van der Waals surface area contributed by atoms with Crippen molar-refractivity contribution in [1.82, 2.24) is 15.2 Å². The van der Waals surface area contributed by atoms with E-state index >= 15 is 0 Å². The van der Waals surface area contributed by atoms with Crippen molar-refractivity contribution in [1.29, 1.82) is 0 Å². The largest absolute Gasteiger partial charge is 0.481 e. The number of pyridine rings is 1. The first-order valence-electron chi connectivity index (χ1n) is 6.52. The summed E-state index contributed by atoms with van der Waals surface area (Å²) in [5, 5.41) is 11.6. The lowest BCUT2D eigenvalue weighted by molar-refractivity contribution is -0.138. The zero-order chi connectivity index (χ0) is 15.2. The molecular weight excluding hydrogens is 258 g/mol. The first kappa shape index (κ1) is 15.9. The highest BCUT2D eigenvalue weighted by Gasteiger charge is 2.25. The van der Waals surface area contributed by atoms with E-state index in [2.05, 4.69) is 10.3 Å². The van der Waals surface area contributed by atoms with Crippen molar-refractivity contribution in [2.24, 2.45) is 0 Å². The summed E-state index contributed by atoms with van der Waals surface area (Å²) < 4.78 is 0. The smallest absolute Gasteiger partial charge is 0.318 e. The first-order chi connectivity index (χ1) is 9.34. The molecule has 0 spiro atoms. The summed E-state index contributed by atoms with van der Waals surface area (Å²) in [7, 11) is 0. The summed E-state index contributed by atoms with van der Waals surface area (Å²) in [5.41, 5.74) is 0.197. The Bertz CT molecular complexity index is 460. The SMILES string of the molecule is CCN(Cc1ccncc1)C(=O)NC(C)(C)CC(=O)O. The Morgan fingerprint density at radius 2 is 1.95 bits per heavy atom. The Labute approximate surface area is 118 Å². The maximum atomic E-state index is 12.2. The molecule has 6 heteroatoms. The second-order valence-corrected chi connectivity index (χ2v) is 5.25. The lowest BCUT2D eigenvalue weighted by Crippen LogP contribution is -2.50. The van der Waals surface area contributed by atoms with Crippen LogP contribution in [0.4, 0.5) is 4.79 Å². The molecule has 1 rings (SSSR count). The molecule has 0 fully saturated rings. The van der Waals surface area contributed by atoms with Gasteiger partial charge in [-0.1, -0.05) is 0 Å². The summed E-state index contributed by atoms with van der Waals surface area (Å²) in [6.45, 7) is 6.27. The fraction of sp³-hybridized carbons (Fsp3) is 0.500. The molecule has 0 unspecified atom stereocenters. The standard InChI is InChI=1S/C14H21N3O3/c1-4-17(10-11-5-7-15-8-6-11)13(20)16-14(2,3)9-12(18)19/h5-8H,4,9-10H2,1-3H3,(H,16,20)(H,18,19). The third-order valence-electron chi connectivity index (χ3n) is 2.83. The van der Waals surface area contributed by atoms with Gasteiger partial charge in [0, 0.05) is 31.0 Å². The predicted molar refractivity (Wildman–Crippen MR) is 75.2 cm³/mol. The molecule has 0 saturated heterocycles. The van der Waals surface area contributed by atoms with Gasteiger partial charge in [-0.05, 0) is 38.5 Å². The minimum Gasteiger partial charge on any atom is -0.481 e. The molecule has 0 aliphatic heterocycles. The Morgan fingerprint density at radius 3 is 2.45 bits per heavy atom. The zero-order valence-corrected chi connectivity index (χ0v) is 12.1. The summed E-state index contributed by atoms with van der Waals surface area (Å²) in [6.07, 6.45) is 3.23. The monoisotopic (exact) mass is 279 g/mol. The van der Waals surface area contributed by atoms with E-state index in [1.807, 2.05) is 19.1 Å². The predicted octanol–water partition coefficient (Wildman–Crippen LogP) is 1.87. The maximum absolute atomic E-state index is 12.2. The second kappa shape index (κ2) is 6.88. The topological polar surface area (TPSA) is 82.5 Å². The molecule has 110 valence electrons. The molecule has 0 atom stereocenters. The third kappa shape index (κ3) is 5.26. The van der Waals surface area contributed by atoms with Gasteiger partial charge in [-0.2, -0.15) is 0 Å².